The van der Waals surface area contributed by atoms with Crippen molar-refractivity contribution in [3.8, 4) is 17.2 Å². The zero-order valence-electron chi connectivity index (χ0n) is 18.2. The normalized spacial score (nSPS) is 19.7. The highest BCUT2D eigenvalue weighted by molar-refractivity contribution is 6.00. The zero-order valence-corrected chi connectivity index (χ0v) is 18.2. The van der Waals surface area contributed by atoms with Gasteiger partial charge in [0.2, 0.25) is 11.7 Å². The number of aromatic nitrogens is 3. The van der Waals surface area contributed by atoms with Gasteiger partial charge in [-0.25, -0.2) is 4.68 Å². The van der Waals surface area contributed by atoms with Gasteiger partial charge in [-0.2, -0.15) is 10.1 Å². The van der Waals surface area contributed by atoms with Crippen LogP contribution in [0.15, 0.2) is 60.1 Å². The van der Waals surface area contributed by atoms with Crippen molar-refractivity contribution in [2.45, 2.75) is 24.8 Å². The summed E-state index contributed by atoms with van der Waals surface area (Å²) in [7, 11) is 4.72. The second-order valence-electron chi connectivity index (χ2n) is 7.81. The minimum Gasteiger partial charge on any atom is -0.493 e. The summed E-state index contributed by atoms with van der Waals surface area (Å²) in [4.78, 5) is 17.9. The van der Waals surface area contributed by atoms with Gasteiger partial charge in [0.1, 0.15) is 12.4 Å². The first kappa shape index (κ1) is 20.1. The average Bonchev–Trinajstić information content (AvgIpc) is 3.30. The molecule has 3 aromatic rings. The predicted octanol–water partition coefficient (Wildman–Crippen LogP) is 3.72. The van der Waals surface area contributed by atoms with Gasteiger partial charge in [-0.05, 0) is 30.0 Å². The van der Waals surface area contributed by atoms with Crippen LogP contribution in [0, 0.1) is 0 Å². The van der Waals surface area contributed by atoms with Gasteiger partial charge in [0.25, 0.3) is 0 Å². The smallest absolute Gasteiger partial charge is 0.226 e. The van der Waals surface area contributed by atoms with Gasteiger partial charge in [-0.15, -0.1) is 0 Å². The molecule has 0 saturated carbocycles. The fraction of sp³-hybridized carbons (Fsp3) is 0.292. The van der Waals surface area contributed by atoms with Crippen LogP contribution < -0.4 is 19.5 Å². The number of benzene rings is 2. The van der Waals surface area contributed by atoms with Crippen LogP contribution in [-0.2, 0) is 4.79 Å². The maximum atomic E-state index is 13.5. The molecule has 2 aromatic carbocycles. The van der Waals surface area contributed by atoms with Crippen LogP contribution in [0.2, 0.25) is 0 Å². The molecule has 8 heteroatoms. The molecular formula is C24H24N4O4. The highest BCUT2D eigenvalue weighted by Crippen LogP contribution is 2.49. The third-order valence-electron chi connectivity index (χ3n) is 6.16. The SMILES string of the molecule is COc1ccc(C2C3=C(CC(c4ccccc4)CC3=O)Nc3ncnn32)c(OC)c1OC. The van der Waals surface area contributed by atoms with E-state index >= 15 is 0 Å². The lowest BCUT2D eigenvalue weighted by Gasteiger charge is -2.35. The summed E-state index contributed by atoms with van der Waals surface area (Å²) < 4.78 is 18.5. The molecule has 0 saturated heterocycles. The maximum Gasteiger partial charge on any atom is 0.226 e. The number of carbonyl (C=O) groups is 1. The highest BCUT2D eigenvalue weighted by atomic mass is 16.5. The van der Waals surface area contributed by atoms with E-state index in [9.17, 15) is 4.79 Å². The van der Waals surface area contributed by atoms with Gasteiger partial charge < -0.3 is 19.5 Å². The van der Waals surface area contributed by atoms with Crippen molar-refractivity contribution < 1.29 is 19.0 Å². The minimum atomic E-state index is -0.484. The number of Topliss-reactive ketones (excluding diaryl/α,β-unsaturated/α-hetero) is 1. The minimum absolute atomic E-state index is 0.0793. The molecule has 0 spiro atoms. The van der Waals surface area contributed by atoms with E-state index in [-0.39, 0.29) is 11.7 Å². The quantitative estimate of drug-likeness (QED) is 0.657. The first-order chi connectivity index (χ1) is 15.7. The Morgan fingerprint density at radius 1 is 0.969 bits per heavy atom. The molecule has 0 radical (unpaired) electrons. The van der Waals surface area contributed by atoms with Crippen LogP contribution in [0.1, 0.15) is 35.9 Å². The largest absolute Gasteiger partial charge is 0.493 e. The second kappa shape index (κ2) is 8.03. The van der Waals surface area contributed by atoms with Gasteiger partial charge in [-0.1, -0.05) is 30.3 Å². The topological polar surface area (TPSA) is 87.5 Å². The lowest BCUT2D eigenvalue weighted by atomic mass is 9.77. The maximum absolute atomic E-state index is 13.5. The van der Waals surface area contributed by atoms with E-state index in [1.807, 2.05) is 30.3 Å². The molecule has 2 unspecified atom stereocenters. The number of methoxy groups -OCH3 is 3. The Hall–Kier alpha value is -3.81. The monoisotopic (exact) mass is 432 g/mol. The molecule has 1 aliphatic heterocycles. The van der Waals surface area contributed by atoms with Gasteiger partial charge in [0, 0.05) is 23.3 Å². The number of nitrogens with one attached hydrogen (secondary N) is 1. The fourth-order valence-corrected chi connectivity index (χ4v) is 4.74. The molecule has 5 rings (SSSR count). The van der Waals surface area contributed by atoms with E-state index in [1.54, 1.807) is 26.0 Å². The van der Waals surface area contributed by atoms with Crippen LogP contribution in [0.25, 0.3) is 0 Å². The Kier molecular flexibility index (Phi) is 5.05. The Morgan fingerprint density at radius 3 is 2.47 bits per heavy atom. The van der Waals surface area contributed by atoms with Crippen molar-refractivity contribution in [3.05, 3.63) is 71.2 Å². The van der Waals surface area contributed by atoms with Crippen molar-refractivity contribution in [2.24, 2.45) is 0 Å². The number of ether oxygens (including phenoxy) is 3. The zero-order chi connectivity index (χ0) is 22.2. The van der Waals surface area contributed by atoms with Crippen LogP contribution >= 0.6 is 0 Å². The van der Waals surface area contributed by atoms with Crippen molar-refractivity contribution in [2.75, 3.05) is 26.6 Å². The number of allylic oxidation sites excluding steroid dienone is 2. The molecule has 1 N–H and O–H groups in total. The van der Waals surface area contributed by atoms with Crippen LogP contribution in [-0.4, -0.2) is 41.9 Å². The Labute approximate surface area is 185 Å². The van der Waals surface area contributed by atoms with Crippen LogP contribution in [0.4, 0.5) is 5.95 Å². The number of rotatable bonds is 5. The van der Waals surface area contributed by atoms with Crippen molar-refractivity contribution in [1.82, 2.24) is 14.8 Å². The number of nitrogens with zero attached hydrogens (tertiary/aromatic N) is 3. The summed E-state index contributed by atoms with van der Waals surface area (Å²) in [6, 6.07) is 13.4. The fourth-order valence-electron chi connectivity index (χ4n) is 4.74. The number of hydrogen-bond acceptors (Lipinski definition) is 7. The number of anilines is 1. The standard InChI is InChI=1S/C24H24N4O4/c1-30-19-10-9-16(22(31-2)23(19)32-3)21-20-17(27-24-25-13-26-28(21)24)11-15(12-18(20)29)14-7-5-4-6-8-14/h4-10,13,15,21H,11-12H2,1-3H3,(H,25,26,27). The van der Waals surface area contributed by atoms with E-state index in [1.165, 1.54) is 6.33 Å². The lowest BCUT2D eigenvalue weighted by Crippen LogP contribution is -2.33. The number of ketones is 1. The van der Waals surface area contributed by atoms with Crippen LogP contribution in [0.5, 0.6) is 17.2 Å². The van der Waals surface area contributed by atoms with Crippen LogP contribution in [0.3, 0.4) is 0 Å². The van der Waals surface area contributed by atoms with Gasteiger partial charge in [-0.3, -0.25) is 4.79 Å². The first-order valence-electron chi connectivity index (χ1n) is 10.4. The van der Waals surface area contributed by atoms with Gasteiger partial charge in [0.15, 0.2) is 17.3 Å². The summed E-state index contributed by atoms with van der Waals surface area (Å²) in [5.41, 5.74) is 3.47. The molecule has 2 heterocycles. The second-order valence-corrected chi connectivity index (χ2v) is 7.81. The van der Waals surface area contributed by atoms with Crippen molar-refractivity contribution in [1.29, 1.82) is 0 Å². The predicted molar refractivity (Wildman–Crippen MR) is 118 cm³/mol. The molecule has 8 nitrogen and oxygen atoms in total. The molecular weight excluding hydrogens is 408 g/mol. The van der Waals surface area contributed by atoms with Crippen molar-refractivity contribution >= 4 is 11.7 Å². The summed E-state index contributed by atoms with van der Waals surface area (Å²) in [6.07, 6.45) is 2.63. The molecule has 0 bridgehead atoms. The molecule has 32 heavy (non-hydrogen) atoms. The average molecular weight is 432 g/mol. The Bertz CT molecular complexity index is 1200. The van der Waals surface area contributed by atoms with E-state index in [2.05, 4.69) is 27.5 Å². The van der Waals surface area contributed by atoms with Gasteiger partial charge in [0.05, 0.1) is 21.3 Å². The van der Waals surface area contributed by atoms with E-state index in [4.69, 9.17) is 14.2 Å². The highest BCUT2D eigenvalue weighted by Gasteiger charge is 2.41. The molecule has 1 aliphatic carbocycles. The van der Waals surface area contributed by atoms with Crippen molar-refractivity contribution in [3.63, 3.8) is 0 Å². The molecule has 0 amide bonds. The Balaban J connectivity index is 1.66. The molecule has 0 fully saturated rings. The van der Waals surface area contributed by atoms with E-state index < -0.39 is 6.04 Å². The Morgan fingerprint density at radius 2 is 1.75 bits per heavy atom. The molecule has 1 aromatic heterocycles. The number of fused-ring (bicyclic) bond motifs is 1. The summed E-state index contributed by atoms with van der Waals surface area (Å²) in [6.45, 7) is 0. The molecule has 164 valence electrons. The number of carbonyl (C=O) groups excluding carboxylic acids is 1. The van der Waals surface area contributed by atoms with E-state index in [0.29, 0.717) is 41.6 Å². The van der Waals surface area contributed by atoms with Gasteiger partial charge >= 0.3 is 0 Å². The molecule has 2 aliphatic rings. The molecule has 2 atom stereocenters. The first-order valence-corrected chi connectivity index (χ1v) is 10.4. The third kappa shape index (κ3) is 3.10. The summed E-state index contributed by atoms with van der Waals surface area (Å²) in [5, 5.41) is 7.77. The number of hydrogen-bond donors (Lipinski definition) is 1. The third-order valence-corrected chi connectivity index (χ3v) is 6.16. The summed E-state index contributed by atoms with van der Waals surface area (Å²) >= 11 is 0. The lowest BCUT2D eigenvalue weighted by molar-refractivity contribution is -0.116. The van der Waals surface area contributed by atoms with E-state index in [0.717, 1.165) is 16.8 Å². The summed E-state index contributed by atoms with van der Waals surface area (Å²) in [5.74, 6) is 2.31.